The lowest BCUT2D eigenvalue weighted by atomic mass is 9.85. The molecule has 7 heteroatoms. The van der Waals surface area contributed by atoms with Crippen LogP contribution in [0.5, 0.6) is 0 Å². The number of hydrazine groups is 1. The zero-order valence-electron chi connectivity index (χ0n) is 16.2. The molecule has 0 unspecified atom stereocenters. The molecule has 2 aliphatic heterocycles. The lowest BCUT2D eigenvalue weighted by molar-refractivity contribution is 0.117. The highest BCUT2D eigenvalue weighted by Gasteiger charge is 2.37. The quantitative estimate of drug-likeness (QED) is 0.763. The third kappa shape index (κ3) is 3.42. The van der Waals surface area contributed by atoms with E-state index < -0.39 is 0 Å². The third-order valence-corrected chi connectivity index (χ3v) is 6.10. The highest BCUT2D eigenvalue weighted by atomic mass is 35.5. The molecular formula is C22H23ClN4O2. The fourth-order valence-corrected chi connectivity index (χ4v) is 4.55. The molecule has 0 saturated carbocycles. The molecule has 150 valence electrons. The van der Waals surface area contributed by atoms with Crippen LogP contribution in [-0.2, 0) is 4.74 Å². The summed E-state index contributed by atoms with van der Waals surface area (Å²) in [5, 5.41) is 2.73. The lowest BCUT2D eigenvalue weighted by Crippen LogP contribution is -2.39. The number of hydrogen-bond donors (Lipinski definition) is 1. The number of nitrogens with zero attached hydrogens (tertiary/aromatic N) is 3. The van der Waals surface area contributed by atoms with Crippen molar-refractivity contribution in [1.29, 1.82) is 0 Å². The van der Waals surface area contributed by atoms with Gasteiger partial charge in [-0.2, -0.15) is 0 Å². The zero-order chi connectivity index (χ0) is 19.8. The SMILES string of the molecule is O=C(OC1=C2C(=CCC3=C2CCC(Cl)=C3)NN1c1ccncc1)N1CCCCC1. The highest BCUT2D eigenvalue weighted by molar-refractivity contribution is 6.29. The second kappa shape index (κ2) is 7.59. The molecule has 1 N–H and O–H groups in total. The molecule has 1 aromatic heterocycles. The van der Waals surface area contributed by atoms with E-state index in [1.165, 1.54) is 17.6 Å². The van der Waals surface area contributed by atoms with Gasteiger partial charge in [0.1, 0.15) is 0 Å². The summed E-state index contributed by atoms with van der Waals surface area (Å²) < 4.78 is 6.04. The van der Waals surface area contributed by atoms with Gasteiger partial charge < -0.3 is 9.64 Å². The van der Waals surface area contributed by atoms with Crippen LogP contribution >= 0.6 is 11.6 Å². The van der Waals surface area contributed by atoms with Crippen molar-refractivity contribution in [2.24, 2.45) is 0 Å². The van der Waals surface area contributed by atoms with Crippen LogP contribution in [0.25, 0.3) is 0 Å². The number of anilines is 1. The summed E-state index contributed by atoms with van der Waals surface area (Å²) in [6.07, 6.45) is 13.0. The number of ether oxygens (including phenoxy) is 1. The average Bonchev–Trinajstić information content (AvgIpc) is 3.13. The van der Waals surface area contributed by atoms with Gasteiger partial charge in [0.15, 0.2) is 0 Å². The second-order valence-electron chi connectivity index (χ2n) is 7.67. The Morgan fingerprint density at radius 2 is 1.93 bits per heavy atom. The maximum absolute atomic E-state index is 13.0. The van der Waals surface area contributed by atoms with Crippen molar-refractivity contribution in [2.75, 3.05) is 18.1 Å². The van der Waals surface area contributed by atoms with Crippen molar-refractivity contribution >= 4 is 23.4 Å². The molecule has 1 amide bonds. The number of likely N-dealkylation sites (tertiary alicyclic amines) is 1. The van der Waals surface area contributed by atoms with Gasteiger partial charge in [-0.15, -0.1) is 0 Å². The van der Waals surface area contributed by atoms with Gasteiger partial charge in [-0.1, -0.05) is 17.7 Å². The fourth-order valence-electron chi connectivity index (χ4n) is 4.32. The topological polar surface area (TPSA) is 57.7 Å². The van der Waals surface area contributed by atoms with Gasteiger partial charge in [0.25, 0.3) is 0 Å². The summed E-state index contributed by atoms with van der Waals surface area (Å²) in [6, 6.07) is 3.79. The zero-order valence-corrected chi connectivity index (χ0v) is 16.9. The van der Waals surface area contributed by atoms with Crippen LogP contribution in [0.1, 0.15) is 38.5 Å². The molecule has 6 nitrogen and oxygen atoms in total. The van der Waals surface area contributed by atoms with E-state index in [1.807, 2.05) is 17.1 Å². The number of nitrogens with one attached hydrogen (secondary N) is 1. The molecule has 4 aliphatic rings. The minimum absolute atomic E-state index is 0.286. The van der Waals surface area contributed by atoms with Crippen molar-refractivity contribution in [3.05, 3.63) is 70.0 Å². The van der Waals surface area contributed by atoms with Gasteiger partial charge >= 0.3 is 6.09 Å². The fraction of sp³-hybridized carbons (Fsp3) is 0.364. The Morgan fingerprint density at radius 1 is 1.14 bits per heavy atom. The number of carbonyl (C=O) groups excluding carboxylic acids is 1. The molecule has 0 aromatic carbocycles. The number of hydrogen-bond acceptors (Lipinski definition) is 5. The minimum Gasteiger partial charge on any atom is -0.390 e. The van der Waals surface area contributed by atoms with E-state index in [0.717, 1.165) is 67.2 Å². The number of pyridine rings is 1. The average molecular weight is 411 g/mol. The molecule has 1 aromatic rings. The maximum Gasteiger partial charge on any atom is 0.416 e. The van der Waals surface area contributed by atoms with Crippen LogP contribution < -0.4 is 10.4 Å². The molecule has 5 rings (SSSR count). The van der Waals surface area contributed by atoms with Gasteiger partial charge in [0, 0.05) is 30.5 Å². The van der Waals surface area contributed by atoms with Crippen molar-refractivity contribution in [3.8, 4) is 0 Å². The van der Waals surface area contributed by atoms with Crippen molar-refractivity contribution < 1.29 is 9.53 Å². The Kier molecular flexibility index (Phi) is 4.79. The van der Waals surface area contributed by atoms with Crippen LogP contribution in [-0.4, -0.2) is 29.1 Å². The Hall–Kier alpha value is -2.73. The molecular weight excluding hydrogens is 388 g/mol. The van der Waals surface area contributed by atoms with Crippen molar-refractivity contribution in [2.45, 2.75) is 38.5 Å². The number of halogens is 1. The lowest BCUT2D eigenvalue weighted by Gasteiger charge is -2.28. The molecule has 1 saturated heterocycles. The van der Waals surface area contributed by atoms with Crippen LogP contribution in [0, 0.1) is 0 Å². The third-order valence-electron chi connectivity index (χ3n) is 5.80. The number of amides is 1. The molecule has 0 atom stereocenters. The Morgan fingerprint density at radius 3 is 2.72 bits per heavy atom. The molecule has 3 heterocycles. The first kappa shape index (κ1) is 18.3. The number of allylic oxidation sites excluding steroid dienone is 5. The molecule has 29 heavy (non-hydrogen) atoms. The van der Waals surface area contributed by atoms with Gasteiger partial charge in [-0.05, 0) is 67.9 Å². The molecule has 0 bridgehead atoms. The Labute approximate surface area is 175 Å². The summed E-state index contributed by atoms with van der Waals surface area (Å²) >= 11 is 6.29. The summed E-state index contributed by atoms with van der Waals surface area (Å²) in [4.78, 5) is 18.9. The number of rotatable bonds is 2. The van der Waals surface area contributed by atoms with Gasteiger partial charge in [-0.25, -0.2) is 9.80 Å². The Bertz CT molecular complexity index is 958. The van der Waals surface area contributed by atoms with Gasteiger partial charge in [0.2, 0.25) is 5.88 Å². The number of fused-ring (bicyclic) bond motifs is 2. The van der Waals surface area contributed by atoms with Gasteiger partial charge in [0.05, 0.1) is 17.0 Å². The van der Waals surface area contributed by atoms with Crippen LogP contribution in [0.3, 0.4) is 0 Å². The number of piperidine rings is 1. The molecule has 0 radical (unpaired) electrons. The predicted octanol–water partition coefficient (Wildman–Crippen LogP) is 4.74. The highest BCUT2D eigenvalue weighted by Crippen LogP contribution is 2.43. The smallest absolute Gasteiger partial charge is 0.390 e. The van der Waals surface area contributed by atoms with E-state index in [4.69, 9.17) is 16.3 Å². The molecule has 0 spiro atoms. The second-order valence-corrected chi connectivity index (χ2v) is 8.15. The minimum atomic E-state index is -0.286. The summed E-state index contributed by atoms with van der Waals surface area (Å²) in [5.41, 5.74) is 8.64. The standard InChI is InChI=1S/C22H23ClN4O2/c23-16-5-6-18-15(14-16)4-7-19-20(18)21(27(25-19)17-8-10-24-11-9-17)29-22(28)26-12-2-1-3-13-26/h7-11,14,25H,1-6,12-13H2. The monoisotopic (exact) mass is 410 g/mol. The number of aromatic nitrogens is 1. The van der Waals surface area contributed by atoms with Gasteiger partial charge in [-0.3, -0.25) is 10.4 Å². The van der Waals surface area contributed by atoms with E-state index in [2.05, 4.69) is 22.6 Å². The van der Waals surface area contributed by atoms with E-state index in [-0.39, 0.29) is 6.09 Å². The first-order valence-electron chi connectivity index (χ1n) is 10.2. The van der Waals surface area contributed by atoms with Crippen LogP contribution in [0.4, 0.5) is 10.5 Å². The summed E-state index contributed by atoms with van der Waals surface area (Å²) in [6.45, 7) is 1.50. The molecule has 2 aliphatic carbocycles. The largest absolute Gasteiger partial charge is 0.416 e. The van der Waals surface area contributed by atoms with Crippen LogP contribution in [0.15, 0.2) is 70.0 Å². The van der Waals surface area contributed by atoms with E-state index in [9.17, 15) is 4.79 Å². The predicted molar refractivity (Wildman–Crippen MR) is 112 cm³/mol. The van der Waals surface area contributed by atoms with E-state index in [1.54, 1.807) is 17.3 Å². The van der Waals surface area contributed by atoms with E-state index in [0.29, 0.717) is 5.88 Å². The first-order valence-corrected chi connectivity index (χ1v) is 10.6. The normalized spacial score (nSPS) is 21.3. The maximum atomic E-state index is 13.0. The Balaban J connectivity index is 1.56. The summed E-state index contributed by atoms with van der Waals surface area (Å²) in [7, 11) is 0. The first-order chi connectivity index (χ1) is 14.2. The molecule has 1 fully saturated rings. The van der Waals surface area contributed by atoms with Crippen LogP contribution in [0.2, 0.25) is 0 Å². The van der Waals surface area contributed by atoms with Crippen molar-refractivity contribution in [1.82, 2.24) is 15.3 Å². The summed E-state index contributed by atoms with van der Waals surface area (Å²) in [5.74, 6) is 0.539. The van der Waals surface area contributed by atoms with E-state index >= 15 is 0 Å². The van der Waals surface area contributed by atoms with Crippen molar-refractivity contribution in [3.63, 3.8) is 0 Å². The number of carbonyl (C=O) groups is 1.